The smallest absolute Gasteiger partial charge is 0.264 e. The van der Waals surface area contributed by atoms with Gasteiger partial charge in [0.1, 0.15) is 11.5 Å². The van der Waals surface area contributed by atoms with Crippen LogP contribution in [0.3, 0.4) is 0 Å². The van der Waals surface area contributed by atoms with Crippen molar-refractivity contribution in [1.29, 1.82) is 0 Å². The van der Waals surface area contributed by atoms with Crippen molar-refractivity contribution in [3.8, 4) is 11.5 Å². The highest BCUT2D eigenvalue weighted by atomic mass is 32.2. The molecule has 8 heteroatoms. The lowest BCUT2D eigenvalue weighted by Gasteiger charge is -2.27. The summed E-state index contributed by atoms with van der Waals surface area (Å²) >= 11 is 0. The number of sulfonamides is 1. The van der Waals surface area contributed by atoms with Crippen molar-refractivity contribution >= 4 is 26.8 Å². The van der Waals surface area contributed by atoms with E-state index in [0.717, 1.165) is 19.3 Å². The Morgan fingerprint density at radius 1 is 1.12 bits per heavy atom. The van der Waals surface area contributed by atoms with E-state index in [-0.39, 0.29) is 11.0 Å². The van der Waals surface area contributed by atoms with Crippen LogP contribution in [-0.4, -0.2) is 32.5 Å². The van der Waals surface area contributed by atoms with Crippen molar-refractivity contribution < 1.29 is 22.7 Å². The fourth-order valence-corrected chi connectivity index (χ4v) is 5.41. The molecule has 0 spiro atoms. The second kappa shape index (κ2) is 7.78. The lowest BCUT2D eigenvalue weighted by atomic mass is 9.93. The summed E-state index contributed by atoms with van der Waals surface area (Å²) in [4.78, 5) is 17.6. The SMILES string of the molecule is COc1ccc(OC2CCC2)cc1C1(C(=O)NS(=O)(=O)c2cccc3ncccc23)CC1. The molecular formula is C24H24N2O5S. The molecule has 166 valence electrons. The molecule has 2 aliphatic carbocycles. The average Bonchev–Trinajstić information content (AvgIpc) is 3.57. The number of rotatable bonds is 7. The van der Waals surface area contributed by atoms with Gasteiger partial charge < -0.3 is 9.47 Å². The van der Waals surface area contributed by atoms with E-state index in [4.69, 9.17) is 9.47 Å². The summed E-state index contributed by atoms with van der Waals surface area (Å²) in [6.07, 6.45) is 6.06. The standard InChI is InChI=1S/C24H24N2O5S/c1-30-21-11-10-17(31-16-5-2-6-16)15-19(21)24(12-13-24)23(27)26-32(28,29)22-9-3-8-20-18(22)7-4-14-25-20/h3-4,7-11,14-16H,2,5-6,12-13H2,1H3,(H,26,27). The van der Waals surface area contributed by atoms with Crippen LogP contribution in [0.4, 0.5) is 0 Å². The van der Waals surface area contributed by atoms with Crippen molar-refractivity contribution in [2.45, 2.75) is 48.5 Å². The average molecular weight is 453 g/mol. The summed E-state index contributed by atoms with van der Waals surface area (Å²) in [7, 11) is -2.55. The maximum atomic E-state index is 13.3. The van der Waals surface area contributed by atoms with Crippen LogP contribution in [-0.2, 0) is 20.2 Å². The zero-order valence-electron chi connectivity index (χ0n) is 17.7. The Balaban J connectivity index is 1.46. The lowest BCUT2D eigenvalue weighted by molar-refractivity contribution is -0.121. The van der Waals surface area contributed by atoms with Crippen LogP contribution in [0.1, 0.15) is 37.7 Å². The predicted octanol–water partition coefficient (Wildman–Crippen LogP) is 3.71. The lowest BCUT2D eigenvalue weighted by Crippen LogP contribution is -2.39. The van der Waals surface area contributed by atoms with E-state index in [2.05, 4.69) is 9.71 Å². The van der Waals surface area contributed by atoms with Crippen molar-refractivity contribution in [3.63, 3.8) is 0 Å². The first-order chi connectivity index (χ1) is 15.4. The second-order valence-corrected chi connectivity index (χ2v) is 10.0. The van der Waals surface area contributed by atoms with Crippen LogP contribution < -0.4 is 14.2 Å². The Bertz CT molecular complexity index is 1290. The van der Waals surface area contributed by atoms with Crippen LogP contribution in [0.5, 0.6) is 11.5 Å². The highest BCUT2D eigenvalue weighted by Crippen LogP contribution is 2.52. The predicted molar refractivity (Wildman–Crippen MR) is 119 cm³/mol. The number of pyridine rings is 1. The van der Waals surface area contributed by atoms with Gasteiger partial charge >= 0.3 is 0 Å². The number of carbonyl (C=O) groups is 1. The Labute approximate surface area is 186 Å². The molecule has 5 rings (SSSR count). The third kappa shape index (κ3) is 3.58. The molecular weight excluding hydrogens is 428 g/mol. The van der Waals surface area contributed by atoms with Gasteiger partial charge in [-0.15, -0.1) is 0 Å². The molecule has 1 aromatic heterocycles. The van der Waals surface area contributed by atoms with Gasteiger partial charge in [0, 0.05) is 17.1 Å². The molecule has 0 saturated heterocycles. The Morgan fingerprint density at radius 3 is 2.62 bits per heavy atom. The van der Waals surface area contributed by atoms with E-state index < -0.39 is 21.3 Å². The van der Waals surface area contributed by atoms with E-state index in [0.29, 0.717) is 40.8 Å². The van der Waals surface area contributed by atoms with Crippen molar-refractivity contribution in [1.82, 2.24) is 9.71 Å². The number of benzene rings is 2. The van der Waals surface area contributed by atoms with Crippen molar-refractivity contribution in [2.24, 2.45) is 0 Å². The molecule has 0 bridgehead atoms. The Kier molecular flexibility index (Phi) is 5.04. The number of carbonyl (C=O) groups excluding carboxylic acids is 1. The summed E-state index contributed by atoms with van der Waals surface area (Å²) in [5.74, 6) is 0.662. The molecule has 2 saturated carbocycles. The number of nitrogens with zero attached hydrogens (tertiary/aromatic N) is 1. The van der Waals surface area contributed by atoms with Gasteiger partial charge in [0.25, 0.3) is 10.0 Å². The molecule has 0 unspecified atom stereocenters. The normalized spacial score (nSPS) is 17.4. The second-order valence-electron chi connectivity index (χ2n) is 8.38. The first-order valence-corrected chi connectivity index (χ1v) is 12.2. The molecule has 2 aromatic carbocycles. The Morgan fingerprint density at radius 2 is 1.94 bits per heavy atom. The van der Waals surface area contributed by atoms with Gasteiger partial charge in [0.05, 0.1) is 29.0 Å². The molecule has 2 aliphatic rings. The number of aromatic nitrogens is 1. The highest BCUT2D eigenvalue weighted by Gasteiger charge is 2.54. The number of nitrogens with one attached hydrogen (secondary N) is 1. The van der Waals surface area contributed by atoms with Gasteiger partial charge in [-0.1, -0.05) is 6.07 Å². The van der Waals surface area contributed by atoms with Gasteiger partial charge in [-0.05, 0) is 74.6 Å². The minimum Gasteiger partial charge on any atom is -0.496 e. The van der Waals surface area contributed by atoms with Crippen LogP contribution in [0, 0.1) is 0 Å². The molecule has 1 amide bonds. The Hall–Kier alpha value is -3.13. The van der Waals surface area contributed by atoms with E-state index >= 15 is 0 Å². The fourth-order valence-electron chi connectivity index (χ4n) is 4.14. The van der Waals surface area contributed by atoms with Crippen molar-refractivity contribution in [3.05, 3.63) is 60.3 Å². The molecule has 1 N–H and O–H groups in total. The fraction of sp³-hybridized carbons (Fsp3) is 0.333. The minimum absolute atomic E-state index is 0.0290. The topological polar surface area (TPSA) is 94.6 Å². The molecule has 0 atom stereocenters. The molecule has 32 heavy (non-hydrogen) atoms. The largest absolute Gasteiger partial charge is 0.496 e. The van der Waals surface area contributed by atoms with Gasteiger partial charge in [-0.2, -0.15) is 0 Å². The molecule has 1 heterocycles. The van der Waals surface area contributed by atoms with Crippen molar-refractivity contribution in [2.75, 3.05) is 7.11 Å². The summed E-state index contributed by atoms with van der Waals surface area (Å²) in [5.41, 5.74) is 0.246. The van der Waals surface area contributed by atoms with Crippen LogP contribution in [0.2, 0.25) is 0 Å². The zero-order valence-corrected chi connectivity index (χ0v) is 18.5. The summed E-state index contributed by atoms with van der Waals surface area (Å²) in [6, 6.07) is 13.6. The van der Waals surface area contributed by atoms with Gasteiger partial charge in [-0.25, -0.2) is 13.1 Å². The molecule has 2 fully saturated rings. The van der Waals surface area contributed by atoms with E-state index in [1.54, 1.807) is 43.6 Å². The number of amides is 1. The number of fused-ring (bicyclic) bond motifs is 1. The summed E-state index contributed by atoms with van der Waals surface area (Å²) in [5, 5.41) is 0.466. The number of hydrogen-bond donors (Lipinski definition) is 1. The zero-order chi connectivity index (χ0) is 22.3. The first-order valence-electron chi connectivity index (χ1n) is 10.7. The van der Waals surface area contributed by atoms with Crippen LogP contribution >= 0.6 is 0 Å². The van der Waals surface area contributed by atoms with E-state index in [1.807, 2.05) is 12.1 Å². The number of hydrogen-bond acceptors (Lipinski definition) is 6. The van der Waals surface area contributed by atoms with Gasteiger partial charge in [0.2, 0.25) is 5.91 Å². The third-order valence-corrected chi connectivity index (χ3v) is 7.74. The minimum atomic E-state index is -4.09. The first kappa shape index (κ1) is 20.8. The monoisotopic (exact) mass is 452 g/mol. The maximum absolute atomic E-state index is 13.3. The quantitative estimate of drug-likeness (QED) is 0.587. The summed E-state index contributed by atoms with van der Waals surface area (Å²) < 4.78 is 40.1. The van der Waals surface area contributed by atoms with E-state index in [1.165, 1.54) is 6.07 Å². The van der Waals surface area contributed by atoms with Crippen LogP contribution in [0.15, 0.2) is 59.6 Å². The van der Waals surface area contributed by atoms with E-state index in [9.17, 15) is 13.2 Å². The van der Waals surface area contributed by atoms with Gasteiger partial charge in [-0.3, -0.25) is 9.78 Å². The third-order valence-electron chi connectivity index (χ3n) is 6.35. The maximum Gasteiger partial charge on any atom is 0.264 e. The summed E-state index contributed by atoms with van der Waals surface area (Å²) in [6.45, 7) is 0. The van der Waals surface area contributed by atoms with Gasteiger partial charge in [0.15, 0.2) is 0 Å². The number of ether oxygens (including phenoxy) is 2. The van der Waals surface area contributed by atoms with Crippen LogP contribution in [0.25, 0.3) is 10.9 Å². The molecule has 0 aliphatic heterocycles. The number of methoxy groups -OCH3 is 1. The molecule has 7 nitrogen and oxygen atoms in total. The molecule has 0 radical (unpaired) electrons. The highest BCUT2D eigenvalue weighted by molar-refractivity contribution is 7.90. The molecule has 3 aromatic rings.